The summed E-state index contributed by atoms with van der Waals surface area (Å²) >= 11 is 1.44. The van der Waals surface area contributed by atoms with Crippen LogP contribution in [-0.4, -0.2) is 32.1 Å². The number of esters is 1. The number of hydrogen-bond acceptors (Lipinski definition) is 7. The highest BCUT2D eigenvalue weighted by molar-refractivity contribution is 7.17. The molecule has 7 nitrogen and oxygen atoms in total. The number of ether oxygens (including phenoxy) is 1. The Morgan fingerprint density at radius 3 is 2.56 bits per heavy atom. The lowest BCUT2D eigenvalue weighted by Gasteiger charge is -2.21. The smallest absolute Gasteiger partial charge is 0.341 e. The minimum atomic E-state index is -0.470. The Kier molecular flexibility index (Phi) is 7.36. The lowest BCUT2D eigenvalue weighted by molar-refractivity contribution is 0.0601. The number of anilines is 2. The van der Waals surface area contributed by atoms with Crippen molar-refractivity contribution in [2.75, 3.05) is 30.4 Å². The van der Waals surface area contributed by atoms with Gasteiger partial charge in [-0.1, -0.05) is 12.8 Å². The molecule has 3 aromatic rings. The molecule has 4 rings (SSSR count). The average molecular weight is 482 g/mol. The van der Waals surface area contributed by atoms with Crippen LogP contribution in [0.2, 0.25) is 0 Å². The number of benzene rings is 1. The van der Waals surface area contributed by atoms with Crippen molar-refractivity contribution in [2.24, 2.45) is 0 Å². The van der Waals surface area contributed by atoms with Crippen molar-refractivity contribution in [1.29, 1.82) is 5.41 Å². The summed E-state index contributed by atoms with van der Waals surface area (Å²) in [5.74, 6) is -0.908. The first kappa shape index (κ1) is 24.0. The average Bonchev–Trinajstić information content (AvgIpc) is 3.14. The first-order valence-corrected chi connectivity index (χ1v) is 12.7. The number of carbonyl (C=O) groups excluding carboxylic acids is 2. The molecule has 34 heavy (non-hydrogen) atoms. The van der Waals surface area contributed by atoms with Gasteiger partial charge in [-0.2, -0.15) is 0 Å². The molecule has 2 heterocycles. The molecular weight excluding hydrogens is 450 g/mol. The summed E-state index contributed by atoms with van der Waals surface area (Å²) in [5, 5.41) is 12.5. The maximum absolute atomic E-state index is 13.2. The Balaban J connectivity index is 1.68. The van der Waals surface area contributed by atoms with Crippen molar-refractivity contribution >= 4 is 44.9 Å². The quantitative estimate of drug-likeness (QED) is 0.452. The molecule has 0 fully saturated rings. The predicted octanol–water partition coefficient (Wildman–Crippen LogP) is 5.52. The number of rotatable bonds is 6. The van der Waals surface area contributed by atoms with Crippen LogP contribution in [0.1, 0.15) is 70.7 Å². The molecular formula is C26H31N3O4S. The van der Waals surface area contributed by atoms with E-state index in [1.54, 1.807) is 6.07 Å². The fraction of sp³-hybridized carbons (Fsp3) is 0.423. The van der Waals surface area contributed by atoms with Gasteiger partial charge < -0.3 is 19.4 Å². The molecule has 0 bridgehead atoms. The molecule has 1 aliphatic rings. The largest absolute Gasteiger partial charge is 0.465 e. The maximum atomic E-state index is 13.2. The second-order valence-corrected chi connectivity index (χ2v) is 9.56. The molecule has 0 spiro atoms. The van der Waals surface area contributed by atoms with Crippen LogP contribution >= 0.6 is 11.3 Å². The van der Waals surface area contributed by atoms with E-state index < -0.39 is 11.9 Å². The van der Waals surface area contributed by atoms with Crippen molar-refractivity contribution in [3.63, 3.8) is 0 Å². The van der Waals surface area contributed by atoms with E-state index >= 15 is 0 Å². The Morgan fingerprint density at radius 1 is 1.12 bits per heavy atom. The Labute approximate surface area is 203 Å². The molecule has 180 valence electrons. The minimum absolute atomic E-state index is 0.125. The predicted molar refractivity (Wildman–Crippen MR) is 135 cm³/mol. The molecule has 0 atom stereocenters. The summed E-state index contributed by atoms with van der Waals surface area (Å²) in [7, 11) is 1.36. The molecule has 0 saturated heterocycles. The Morgan fingerprint density at radius 2 is 1.85 bits per heavy atom. The molecule has 2 N–H and O–H groups in total. The number of hydrogen-bond donors (Lipinski definition) is 2. The zero-order valence-electron chi connectivity index (χ0n) is 20.0. The normalized spacial score (nSPS) is 13.6. The summed E-state index contributed by atoms with van der Waals surface area (Å²) in [4.78, 5) is 29.2. The SMILES string of the molecule is CCN(CC)c1ccc2cc(C(=O)Nc3sc4c(c3C(=O)OC)CCCCCC4)c(=N)oc2c1. The van der Waals surface area contributed by atoms with Crippen LogP contribution < -0.4 is 15.8 Å². The van der Waals surface area contributed by atoms with Gasteiger partial charge in [0.1, 0.15) is 16.1 Å². The van der Waals surface area contributed by atoms with E-state index in [4.69, 9.17) is 14.6 Å². The van der Waals surface area contributed by atoms with Gasteiger partial charge in [-0.05, 0) is 63.3 Å². The summed E-state index contributed by atoms with van der Waals surface area (Å²) in [5.41, 5.74) is 2.92. The van der Waals surface area contributed by atoms with Crippen LogP contribution in [0.4, 0.5) is 10.7 Å². The van der Waals surface area contributed by atoms with Crippen molar-refractivity contribution < 1.29 is 18.7 Å². The van der Waals surface area contributed by atoms with Gasteiger partial charge in [0.25, 0.3) is 5.91 Å². The second-order valence-electron chi connectivity index (χ2n) is 8.45. The second kappa shape index (κ2) is 10.4. The number of nitrogens with one attached hydrogen (secondary N) is 2. The van der Waals surface area contributed by atoms with Crippen LogP contribution in [0, 0.1) is 5.41 Å². The number of fused-ring (bicyclic) bond motifs is 2. The summed E-state index contributed by atoms with van der Waals surface area (Å²) in [6.45, 7) is 5.90. The van der Waals surface area contributed by atoms with E-state index in [2.05, 4.69) is 24.1 Å². The van der Waals surface area contributed by atoms with E-state index in [-0.39, 0.29) is 11.1 Å². The lowest BCUT2D eigenvalue weighted by Crippen LogP contribution is -2.22. The summed E-state index contributed by atoms with van der Waals surface area (Å²) < 4.78 is 10.8. The van der Waals surface area contributed by atoms with Crippen molar-refractivity contribution in [3.05, 3.63) is 51.4 Å². The van der Waals surface area contributed by atoms with Gasteiger partial charge in [0, 0.05) is 35.1 Å². The molecule has 1 aliphatic carbocycles. The van der Waals surface area contributed by atoms with Crippen molar-refractivity contribution in [3.8, 4) is 0 Å². The third-order valence-electron chi connectivity index (χ3n) is 6.41. The Bertz CT molecular complexity index is 1270. The van der Waals surface area contributed by atoms with E-state index in [1.807, 2.05) is 18.2 Å². The molecule has 2 aromatic heterocycles. The number of methoxy groups -OCH3 is 1. The molecule has 0 aliphatic heterocycles. The van der Waals surface area contributed by atoms with Crippen molar-refractivity contribution in [1.82, 2.24) is 0 Å². The van der Waals surface area contributed by atoms with E-state index in [0.717, 1.165) is 66.7 Å². The van der Waals surface area contributed by atoms with Crippen molar-refractivity contribution in [2.45, 2.75) is 52.4 Å². The van der Waals surface area contributed by atoms with E-state index in [1.165, 1.54) is 24.9 Å². The molecule has 0 saturated carbocycles. The number of carbonyl (C=O) groups is 2. The third-order valence-corrected chi connectivity index (χ3v) is 7.62. The highest BCUT2D eigenvalue weighted by Gasteiger charge is 2.26. The summed E-state index contributed by atoms with van der Waals surface area (Å²) in [6, 6.07) is 7.46. The lowest BCUT2D eigenvalue weighted by atomic mass is 9.96. The Hall–Kier alpha value is -3.13. The van der Waals surface area contributed by atoms with Gasteiger partial charge in [0.2, 0.25) is 5.55 Å². The van der Waals surface area contributed by atoms with Crippen LogP contribution in [-0.2, 0) is 17.6 Å². The standard InChI is InChI=1S/C26H31N3O4S/c1-4-29(5-2)17-13-12-16-14-19(23(27)33-20(16)15-17)24(30)28-25-22(26(31)32-3)18-10-8-6-7-9-11-21(18)34-25/h12-15,27H,4-11H2,1-3H3,(H,28,30). The van der Waals surface area contributed by atoms with E-state index in [0.29, 0.717) is 16.1 Å². The van der Waals surface area contributed by atoms with Gasteiger partial charge in [-0.15, -0.1) is 11.3 Å². The molecule has 1 aromatic carbocycles. The highest BCUT2D eigenvalue weighted by atomic mass is 32.1. The highest BCUT2D eigenvalue weighted by Crippen LogP contribution is 2.37. The number of thiophene rings is 1. The van der Waals surface area contributed by atoms with E-state index in [9.17, 15) is 9.59 Å². The van der Waals surface area contributed by atoms with Gasteiger partial charge in [0.05, 0.1) is 12.7 Å². The zero-order chi connectivity index (χ0) is 24.2. The van der Waals surface area contributed by atoms with Crippen LogP contribution in [0.5, 0.6) is 0 Å². The summed E-state index contributed by atoms with van der Waals surface area (Å²) in [6.07, 6.45) is 6.08. The van der Waals surface area contributed by atoms with Gasteiger partial charge in [0.15, 0.2) is 0 Å². The molecule has 8 heteroatoms. The molecule has 1 amide bonds. The van der Waals surface area contributed by atoms with Crippen LogP contribution in [0.25, 0.3) is 11.0 Å². The number of amides is 1. The molecule has 0 unspecified atom stereocenters. The number of aryl methyl sites for hydroxylation is 1. The topological polar surface area (TPSA) is 95.6 Å². The van der Waals surface area contributed by atoms with Crippen LogP contribution in [0.15, 0.2) is 28.7 Å². The molecule has 0 radical (unpaired) electrons. The zero-order valence-corrected chi connectivity index (χ0v) is 20.8. The first-order chi connectivity index (χ1) is 16.5. The fourth-order valence-corrected chi connectivity index (χ4v) is 5.84. The minimum Gasteiger partial charge on any atom is -0.465 e. The van der Waals surface area contributed by atoms with Gasteiger partial charge in [-0.25, -0.2) is 4.79 Å². The fourth-order valence-electron chi connectivity index (χ4n) is 4.57. The van der Waals surface area contributed by atoms with Gasteiger partial charge in [-0.3, -0.25) is 10.2 Å². The monoisotopic (exact) mass is 481 g/mol. The maximum Gasteiger partial charge on any atom is 0.341 e. The van der Waals surface area contributed by atoms with Crippen LogP contribution in [0.3, 0.4) is 0 Å². The van der Waals surface area contributed by atoms with Gasteiger partial charge >= 0.3 is 5.97 Å². The number of nitrogens with zero attached hydrogens (tertiary/aromatic N) is 1. The first-order valence-electron chi connectivity index (χ1n) is 11.9. The third kappa shape index (κ3) is 4.73.